The Balaban J connectivity index is 1.57. The lowest BCUT2D eigenvalue weighted by atomic mass is 10.0. The minimum absolute atomic E-state index is 0.0225. The fourth-order valence-corrected chi connectivity index (χ4v) is 4.53. The largest absolute Gasteiger partial charge is 0.481 e. The summed E-state index contributed by atoms with van der Waals surface area (Å²) in [6.45, 7) is 0.217. The van der Waals surface area contributed by atoms with Crippen molar-refractivity contribution in [3.05, 3.63) is 42.1 Å². The second-order valence-corrected chi connectivity index (χ2v) is 8.65. The number of pyridine rings is 1. The average Bonchev–Trinajstić information content (AvgIpc) is 2.99. The lowest BCUT2D eigenvalue weighted by Crippen LogP contribution is -2.64. The normalized spacial score (nSPS) is 20.8. The van der Waals surface area contributed by atoms with Crippen LogP contribution < -0.4 is 10.6 Å². The van der Waals surface area contributed by atoms with Crippen LogP contribution in [0.3, 0.4) is 0 Å². The fourth-order valence-electron chi connectivity index (χ4n) is 4.53. The van der Waals surface area contributed by atoms with Gasteiger partial charge >= 0.3 is 5.97 Å². The van der Waals surface area contributed by atoms with Crippen molar-refractivity contribution < 1.29 is 33.9 Å². The second-order valence-electron chi connectivity index (χ2n) is 8.65. The van der Waals surface area contributed by atoms with Gasteiger partial charge in [0.25, 0.3) is 11.8 Å². The number of carbonyl (C=O) groups is 6. The molecular weight excluding hydrogens is 470 g/mol. The average molecular weight is 495 g/mol. The van der Waals surface area contributed by atoms with Crippen molar-refractivity contribution in [1.82, 2.24) is 25.6 Å². The first-order valence-electron chi connectivity index (χ1n) is 11.6. The minimum atomic E-state index is -1.28. The van der Waals surface area contributed by atoms with Crippen LogP contribution in [0.15, 0.2) is 36.5 Å². The van der Waals surface area contributed by atoms with Gasteiger partial charge in [-0.2, -0.15) is 0 Å². The monoisotopic (exact) mass is 495 g/mol. The van der Waals surface area contributed by atoms with Gasteiger partial charge in [-0.1, -0.05) is 18.2 Å². The number of fused-ring (bicyclic) bond motifs is 2. The smallest absolute Gasteiger partial charge is 0.305 e. The van der Waals surface area contributed by atoms with Crippen molar-refractivity contribution in [1.29, 1.82) is 0 Å². The molecule has 3 atom stereocenters. The number of nitrogens with one attached hydrogen (secondary N) is 2. The summed E-state index contributed by atoms with van der Waals surface area (Å²) in [7, 11) is 0. The van der Waals surface area contributed by atoms with Crippen LogP contribution in [-0.2, 0) is 24.0 Å². The zero-order valence-corrected chi connectivity index (χ0v) is 19.3. The Labute approximate surface area is 205 Å². The van der Waals surface area contributed by atoms with E-state index in [0.717, 1.165) is 10.4 Å². The van der Waals surface area contributed by atoms with Gasteiger partial charge in [0.2, 0.25) is 11.8 Å². The van der Waals surface area contributed by atoms with Gasteiger partial charge < -0.3 is 20.5 Å². The molecule has 3 heterocycles. The number of para-hydroxylation sites is 1. The van der Waals surface area contributed by atoms with E-state index in [1.165, 1.54) is 5.01 Å². The number of hydrazine groups is 1. The first-order valence-corrected chi connectivity index (χ1v) is 11.6. The summed E-state index contributed by atoms with van der Waals surface area (Å²) in [4.78, 5) is 78.9. The third kappa shape index (κ3) is 5.02. The number of amides is 4. The molecule has 0 radical (unpaired) electrons. The van der Waals surface area contributed by atoms with Gasteiger partial charge in [0.15, 0.2) is 0 Å². The van der Waals surface area contributed by atoms with Crippen molar-refractivity contribution in [2.24, 2.45) is 0 Å². The molecule has 4 rings (SSSR count). The summed E-state index contributed by atoms with van der Waals surface area (Å²) >= 11 is 0. The van der Waals surface area contributed by atoms with Crippen LogP contribution in [0.4, 0.5) is 0 Å². The van der Waals surface area contributed by atoms with Gasteiger partial charge in [-0.05, 0) is 31.4 Å². The number of carboxylic acids is 1. The number of aromatic nitrogens is 1. The lowest BCUT2D eigenvalue weighted by Gasteiger charge is -2.43. The molecule has 4 amide bonds. The van der Waals surface area contributed by atoms with E-state index in [9.17, 15) is 28.8 Å². The number of hydrogen-bond acceptors (Lipinski definition) is 7. The Bertz CT molecular complexity index is 1230. The predicted molar refractivity (Wildman–Crippen MR) is 124 cm³/mol. The number of nitrogens with zero attached hydrogens (tertiary/aromatic N) is 3. The molecular formula is C24H25N5O7. The van der Waals surface area contributed by atoms with E-state index in [4.69, 9.17) is 5.11 Å². The number of aliphatic carboxylic acids is 1. The predicted octanol–water partition coefficient (Wildman–Crippen LogP) is 0.0200. The molecule has 0 spiro atoms. The molecule has 0 bridgehead atoms. The highest BCUT2D eigenvalue weighted by molar-refractivity contribution is 6.07. The first kappa shape index (κ1) is 24.8. The summed E-state index contributed by atoms with van der Waals surface area (Å²) in [6, 6.07) is 5.14. The number of carbonyl (C=O) groups excluding carboxylic acids is 5. The maximum absolute atomic E-state index is 13.6. The maximum Gasteiger partial charge on any atom is 0.305 e. The van der Waals surface area contributed by atoms with Gasteiger partial charge in [-0.15, -0.1) is 0 Å². The number of hydrogen-bond donors (Lipinski definition) is 3. The third-order valence-corrected chi connectivity index (χ3v) is 6.23. The van der Waals surface area contributed by atoms with E-state index in [1.54, 1.807) is 36.5 Å². The van der Waals surface area contributed by atoms with Crippen LogP contribution in [0.25, 0.3) is 10.9 Å². The Kier molecular flexibility index (Phi) is 7.23. The van der Waals surface area contributed by atoms with Crippen LogP contribution in [0.2, 0.25) is 0 Å². The van der Waals surface area contributed by atoms with Gasteiger partial charge in [0, 0.05) is 24.5 Å². The molecule has 12 heteroatoms. The highest BCUT2D eigenvalue weighted by Gasteiger charge is 2.45. The standard InChI is InChI=1S/C24H25N5O7/c30-13-15(12-20(32)33)26-23(35)18-7-3-11-28-19(31)9-8-17(24(36)29(18)28)27-22(34)16-6-1-4-14-5-2-10-25-21(14)16/h1-2,4-6,10,13,15,17-18H,3,7-9,11-12H2,(H,26,35)(H,27,34)(H,32,33)/t15-,17-,18-/m0/s1. The third-order valence-electron chi connectivity index (χ3n) is 6.23. The molecule has 2 aliphatic rings. The Morgan fingerprint density at radius 3 is 2.69 bits per heavy atom. The zero-order valence-electron chi connectivity index (χ0n) is 19.3. The molecule has 2 aliphatic heterocycles. The lowest BCUT2D eigenvalue weighted by molar-refractivity contribution is -0.176. The maximum atomic E-state index is 13.6. The zero-order chi connectivity index (χ0) is 25.8. The van der Waals surface area contributed by atoms with Crippen molar-refractivity contribution >= 4 is 46.8 Å². The highest BCUT2D eigenvalue weighted by atomic mass is 16.4. The van der Waals surface area contributed by atoms with E-state index in [-0.39, 0.29) is 37.3 Å². The molecule has 36 heavy (non-hydrogen) atoms. The molecule has 2 saturated heterocycles. The Hall–Kier alpha value is -4.35. The van der Waals surface area contributed by atoms with Crippen LogP contribution in [0.1, 0.15) is 42.5 Å². The molecule has 1 aromatic heterocycles. The van der Waals surface area contributed by atoms with E-state index in [2.05, 4.69) is 15.6 Å². The molecule has 1 aromatic carbocycles. The number of aldehydes is 1. The van der Waals surface area contributed by atoms with Crippen molar-refractivity contribution in [2.75, 3.05) is 6.54 Å². The summed E-state index contributed by atoms with van der Waals surface area (Å²) in [5.74, 6) is -3.57. The van der Waals surface area contributed by atoms with Gasteiger partial charge in [-0.3, -0.25) is 34.0 Å². The molecule has 0 unspecified atom stereocenters. The number of rotatable bonds is 7. The summed E-state index contributed by atoms with van der Waals surface area (Å²) in [5.41, 5.74) is 0.730. The molecule has 2 aromatic rings. The number of benzene rings is 1. The van der Waals surface area contributed by atoms with Crippen LogP contribution >= 0.6 is 0 Å². The van der Waals surface area contributed by atoms with Crippen LogP contribution in [-0.4, -0.2) is 80.7 Å². The van der Waals surface area contributed by atoms with Crippen molar-refractivity contribution in [3.63, 3.8) is 0 Å². The van der Waals surface area contributed by atoms with Crippen LogP contribution in [0, 0.1) is 0 Å². The van der Waals surface area contributed by atoms with E-state index in [0.29, 0.717) is 18.2 Å². The molecule has 188 valence electrons. The fraction of sp³-hybridized carbons (Fsp3) is 0.375. The number of carboxylic acid groups (broad SMARTS) is 1. The molecule has 0 aliphatic carbocycles. The van der Waals surface area contributed by atoms with Gasteiger partial charge in [-0.25, -0.2) is 5.01 Å². The quantitative estimate of drug-likeness (QED) is 0.452. The first-order chi connectivity index (χ1) is 17.3. The molecule has 12 nitrogen and oxygen atoms in total. The van der Waals surface area contributed by atoms with Gasteiger partial charge in [0.1, 0.15) is 18.4 Å². The van der Waals surface area contributed by atoms with Crippen LogP contribution in [0.5, 0.6) is 0 Å². The summed E-state index contributed by atoms with van der Waals surface area (Å²) in [6.07, 6.45) is 1.90. The van der Waals surface area contributed by atoms with E-state index in [1.807, 2.05) is 0 Å². The molecule has 0 saturated carbocycles. The SMILES string of the molecule is O=C[C@H](CC(=O)O)NC(=O)[C@@H]1CCCN2C(=O)CC[C@H](NC(=O)c3cccc4cccnc34)C(=O)N12. The van der Waals surface area contributed by atoms with Gasteiger partial charge in [0.05, 0.1) is 23.5 Å². The minimum Gasteiger partial charge on any atom is -0.481 e. The Morgan fingerprint density at radius 2 is 1.94 bits per heavy atom. The Morgan fingerprint density at radius 1 is 1.17 bits per heavy atom. The summed E-state index contributed by atoms with van der Waals surface area (Å²) < 4.78 is 0. The van der Waals surface area contributed by atoms with E-state index >= 15 is 0 Å². The topological polar surface area (TPSA) is 166 Å². The molecule has 2 fully saturated rings. The highest BCUT2D eigenvalue weighted by Crippen LogP contribution is 2.25. The van der Waals surface area contributed by atoms with E-state index < -0.39 is 48.2 Å². The van der Waals surface area contributed by atoms with Crippen molar-refractivity contribution in [2.45, 2.75) is 50.2 Å². The second kappa shape index (κ2) is 10.5. The molecule has 3 N–H and O–H groups in total. The summed E-state index contributed by atoms with van der Waals surface area (Å²) in [5, 5.41) is 17.0. The van der Waals surface area contributed by atoms with Crippen molar-refractivity contribution in [3.8, 4) is 0 Å².